The number of nitrogens with one attached hydrogen (secondary N) is 2. The van der Waals surface area contributed by atoms with Gasteiger partial charge >= 0.3 is 0 Å². The molecule has 0 aliphatic carbocycles. The average Bonchev–Trinajstić information content (AvgIpc) is 2.38. The Labute approximate surface area is 119 Å². The van der Waals surface area contributed by atoms with E-state index in [0.29, 0.717) is 11.3 Å². The summed E-state index contributed by atoms with van der Waals surface area (Å²) >= 11 is 0. The summed E-state index contributed by atoms with van der Waals surface area (Å²) in [5, 5.41) is 5.37. The largest absolute Gasteiger partial charge is 0.355 e. The van der Waals surface area contributed by atoms with Gasteiger partial charge in [-0.15, -0.1) is 0 Å². The summed E-state index contributed by atoms with van der Waals surface area (Å²) in [4.78, 5) is 23.6. The van der Waals surface area contributed by atoms with Crippen LogP contribution in [0.5, 0.6) is 0 Å². The molecule has 0 aliphatic rings. The zero-order valence-corrected chi connectivity index (χ0v) is 12.7. The van der Waals surface area contributed by atoms with Crippen molar-refractivity contribution in [1.29, 1.82) is 0 Å². The minimum Gasteiger partial charge on any atom is -0.355 e. The summed E-state index contributed by atoms with van der Waals surface area (Å²) in [7, 11) is 1.58. The third kappa shape index (κ3) is 3.81. The van der Waals surface area contributed by atoms with Gasteiger partial charge in [0.15, 0.2) is 0 Å². The van der Waals surface area contributed by atoms with Gasteiger partial charge in [-0.1, -0.05) is 20.8 Å². The van der Waals surface area contributed by atoms with E-state index in [4.69, 9.17) is 5.73 Å². The lowest BCUT2D eigenvalue weighted by molar-refractivity contribution is -0.119. The number of hydrogen-bond acceptors (Lipinski definition) is 3. The summed E-state index contributed by atoms with van der Waals surface area (Å²) in [6, 6.07) is 4.52. The van der Waals surface area contributed by atoms with E-state index in [1.807, 2.05) is 27.7 Å². The van der Waals surface area contributed by atoms with E-state index in [2.05, 4.69) is 10.6 Å². The highest BCUT2D eigenvalue weighted by Gasteiger charge is 2.27. The van der Waals surface area contributed by atoms with E-state index in [0.717, 1.165) is 5.56 Å². The number of amides is 2. The monoisotopic (exact) mass is 277 g/mol. The molecule has 1 rings (SSSR count). The van der Waals surface area contributed by atoms with Crippen molar-refractivity contribution in [3.05, 3.63) is 29.3 Å². The molecule has 1 aromatic rings. The maximum absolute atomic E-state index is 12.1. The van der Waals surface area contributed by atoms with Gasteiger partial charge in [0.2, 0.25) is 5.91 Å². The molecule has 0 saturated heterocycles. The van der Waals surface area contributed by atoms with Crippen LogP contribution in [0.1, 0.15) is 36.7 Å². The molecular formula is C15H23N3O2. The number of hydrogen-bond donors (Lipinski definition) is 3. The number of benzene rings is 1. The van der Waals surface area contributed by atoms with Gasteiger partial charge in [0.25, 0.3) is 5.91 Å². The first-order chi connectivity index (χ1) is 9.16. The van der Waals surface area contributed by atoms with E-state index >= 15 is 0 Å². The fourth-order valence-corrected chi connectivity index (χ4v) is 1.69. The standard InChI is InChI=1S/C15H23N3O2/c1-9-8-10(13(19)17-5)6-7-11(9)18-14(20)12(16)15(2,3)4/h6-8,12H,16H2,1-5H3,(H,17,19)(H,18,20). The molecule has 0 radical (unpaired) electrons. The fourth-order valence-electron chi connectivity index (χ4n) is 1.69. The normalized spacial score (nSPS) is 12.7. The summed E-state index contributed by atoms with van der Waals surface area (Å²) < 4.78 is 0. The average molecular weight is 277 g/mol. The van der Waals surface area contributed by atoms with Crippen LogP contribution in [0.3, 0.4) is 0 Å². The molecule has 5 nitrogen and oxygen atoms in total. The molecule has 0 fully saturated rings. The van der Waals surface area contributed by atoms with E-state index in [1.165, 1.54) is 0 Å². The topological polar surface area (TPSA) is 84.2 Å². The lowest BCUT2D eigenvalue weighted by atomic mass is 9.87. The molecule has 0 aliphatic heterocycles. The maximum atomic E-state index is 12.1. The SMILES string of the molecule is CNC(=O)c1ccc(NC(=O)C(N)C(C)(C)C)c(C)c1. The van der Waals surface area contributed by atoms with E-state index in [9.17, 15) is 9.59 Å². The molecule has 0 bridgehead atoms. The van der Waals surface area contributed by atoms with Gasteiger partial charge < -0.3 is 16.4 Å². The van der Waals surface area contributed by atoms with Gasteiger partial charge in [0.1, 0.15) is 0 Å². The first-order valence-electron chi connectivity index (χ1n) is 6.56. The first kappa shape index (κ1) is 16.2. The highest BCUT2D eigenvalue weighted by Crippen LogP contribution is 2.21. The number of rotatable bonds is 3. The molecule has 0 heterocycles. The molecule has 0 aromatic heterocycles. The molecular weight excluding hydrogens is 254 g/mol. The van der Waals surface area contributed by atoms with Crippen LogP contribution in [-0.4, -0.2) is 24.9 Å². The predicted octanol–water partition coefficient (Wildman–Crippen LogP) is 1.67. The third-order valence-electron chi connectivity index (χ3n) is 3.19. The van der Waals surface area contributed by atoms with E-state index in [1.54, 1.807) is 25.2 Å². The third-order valence-corrected chi connectivity index (χ3v) is 3.19. The smallest absolute Gasteiger partial charge is 0.251 e. The molecule has 2 amide bonds. The Morgan fingerprint density at radius 2 is 1.85 bits per heavy atom. The van der Waals surface area contributed by atoms with Crippen molar-refractivity contribution >= 4 is 17.5 Å². The minimum absolute atomic E-state index is 0.155. The fraction of sp³-hybridized carbons (Fsp3) is 0.467. The van der Waals surface area contributed by atoms with Crippen LogP contribution in [0, 0.1) is 12.3 Å². The summed E-state index contributed by atoms with van der Waals surface area (Å²) in [5.41, 5.74) is 7.66. The van der Waals surface area contributed by atoms with Crippen molar-refractivity contribution in [2.45, 2.75) is 33.7 Å². The first-order valence-corrected chi connectivity index (χ1v) is 6.56. The minimum atomic E-state index is -0.597. The molecule has 1 aromatic carbocycles. The Balaban J connectivity index is 2.89. The number of nitrogens with two attached hydrogens (primary N) is 1. The van der Waals surface area contributed by atoms with Crippen LogP contribution >= 0.6 is 0 Å². The highest BCUT2D eigenvalue weighted by atomic mass is 16.2. The van der Waals surface area contributed by atoms with Crippen LogP contribution in [-0.2, 0) is 4.79 Å². The molecule has 20 heavy (non-hydrogen) atoms. The predicted molar refractivity (Wildman–Crippen MR) is 80.6 cm³/mol. The maximum Gasteiger partial charge on any atom is 0.251 e. The van der Waals surface area contributed by atoms with Crippen LogP contribution in [0.4, 0.5) is 5.69 Å². The van der Waals surface area contributed by atoms with Crippen LogP contribution in [0.25, 0.3) is 0 Å². The molecule has 0 spiro atoms. The molecule has 1 unspecified atom stereocenters. The van der Waals surface area contributed by atoms with Crippen molar-refractivity contribution in [2.75, 3.05) is 12.4 Å². The van der Waals surface area contributed by atoms with Crippen molar-refractivity contribution in [3.63, 3.8) is 0 Å². The van der Waals surface area contributed by atoms with E-state index < -0.39 is 6.04 Å². The Kier molecular flexibility index (Phi) is 4.89. The van der Waals surface area contributed by atoms with Gasteiger partial charge in [-0.2, -0.15) is 0 Å². The van der Waals surface area contributed by atoms with Gasteiger partial charge in [0.05, 0.1) is 6.04 Å². The van der Waals surface area contributed by atoms with Crippen LogP contribution < -0.4 is 16.4 Å². The molecule has 0 saturated carbocycles. The Bertz CT molecular complexity index is 518. The molecule has 5 heteroatoms. The quantitative estimate of drug-likeness (QED) is 0.785. The van der Waals surface area contributed by atoms with Crippen LogP contribution in [0.15, 0.2) is 18.2 Å². The number of anilines is 1. The lowest BCUT2D eigenvalue weighted by Gasteiger charge is -2.26. The lowest BCUT2D eigenvalue weighted by Crippen LogP contribution is -2.45. The molecule has 110 valence electrons. The van der Waals surface area contributed by atoms with Gasteiger partial charge in [0, 0.05) is 18.3 Å². The van der Waals surface area contributed by atoms with Crippen molar-refractivity contribution in [2.24, 2.45) is 11.1 Å². The second-order valence-corrected chi connectivity index (χ2v) is 5.94. The second kappa shape index (κ2) is 6.05. The number of carbonyl (C=O) groups is 2. The summed E-state index contributed by atoms with van der Waals surface area (Å²) in [6.45, 7) is 7.58. The Morgan fingerprint density at radius 1 is 1.25 bits per heavy atom. The van der Waals surface area contributed by atoms with Gasteiger partial charge in [-0.05, 0) is 36.1 Å². The zero-order chi connectivity index (χ0) is 15.5. The summed E-state index contributed by atoms with van der Waals surface area (Å²) in [6.07, 6.45) is 0. The molecule has 4 N–H and O–H groups in total. The Hall–Kier alpha value is -1.88. The summed E-state index contributed by atoms with van der Waals surface area (Å²) in [5.74, 6) is -0.384. The Morgan fingerprint density at radius 3 is 2.30 bits per heavy atom. The number of aryl methyl sites for hydroxylation is 1. The van der Waals surface area contributed by atoms with Crippen molar-refractivity contribution in [3.8, 4) is 0 Å². The zero-order valence-electron chi connectivity index (χ0n) is 12.7. The number of carbonyl (C=O) groups excluding carboxylic acids is 2. The molecule has 1 atom stereocenters. The highest BCUT2D eigenvalue weighted by molar-refractivity contribution is 5.98. The van der Waals surface area contributed by atoms with Crippen LogP contribution in [0.2, 0.25) is 0 Å². The van der Waals surface area contributed by atoms with Gasteiger partial charge in [-0.25, -0.2) is 0 Å². The van der Waals surface area contributed by atoms with E-state index in [-0.39, 0.29) is 17.2 Å². The van der Waals surface area contributed by atoms with Gasteiger partial charge in [-0.3, -0.25) is 9.59 Å². The van der Waals surface area contributed by atoms with Crippen molar-refractivity contribution < 1.29 is 9.59 Å². The second-order valence-electron chi connectivity index (χ2n) is 5.94. The van der Waals surface area contributed by atoms with Crippen molar-refractivity contribution in [1.82, 2.24) is 5.32 Å².